The molecule has 0 saturated carbocycles. The number of morpholine rings is 1. The van der Waals surface area contributed by atoms with Gasteiger partial charge in [0.2, 0.25) is 5.91 Å². The number of aryl methyl sites for hydroxylation is 1. The Morgan fingerprint density at radius 3 is 2.38 bits per heavy atom. The van der Waals surface area contributed by atoms with E-state index in [0.717, 1.165) is 17.5 Å². The van der Waals surface area contributed by atoms with Crippen molar-refractivity contribution in [3.63, 3.8) is 0 Å². The Bertz CT molecular complexity index is 1160. The molecule has 2 heterocycles. The second-order valence-corrected chi connectivity index (χ2v) is 8.12. The van der Waals surface area contributed by atoms with Gasteiger partial charge in [-0.15, -0.1) is 0 Å². The van der Waals surface area contributed by atoms with Gasteiger partial charge in [0.15, 0.2) is 0 Å². The van der Waals surface area contributed by atoms with Gasteiger partial charge in [0, 0.05) is 36.7 Å². The molecule has 1 aromatic heterocycles. The fourth-order valence-corrected chi connectivity index (χ4v) is 4.18. The molecule has 32 heavy (non-hydrogen) atoms. The molecule has 6 nitrogen and oxygen atoms in total. The lowest BCUT2D eigenvalue weighted by Crippen LogP contribution is -2.36. The molecule has 1 fully saturated rings. The fraction of sp³-hybridized carbons (Fsp3) is 0.280. The van der Waals surface area contributed by atoms with Gasteiger partial charge in [0.05, 0.1) is 24.8 Å². The first-order valence-corrected chi connectivity index (χ1v) is 10.8. The van der Waals surface area contributed by atoms with E-state index in [1.54, 1.807) is 24.5 Å². The molecular formula is C25H24FN3O3. The molecule has 1 aliphatic carbocycles. The number of hydrogen-bond acceptors (Lipinski definition) is 4. The molecule has 0 spiro atoms. The molecular weight excluding hydrogens is 409 g/mol. The maximum atomic E-state index is 14.6. The monoisotopic (exact) mass is 433 g/mol. The number of amides is 1. The Morgan fingerprint density at radius 2 is 1.75 bits per heavy atom. The standard InChI is InChI=1S/C25H24FN3O3/c1-2-16-3-5-17(6-4-16)25(31)29-14-19-20(15-29)23(19)24(30)27-18-7-8-22(21(26)13-18)28-9-11-32-12-10-28/h3-8,13-15,23H,2,9-12H2,1H3,(H,27,30). The second-order valence-electron chi connectivity index (χ2n) is 8.12. The number of anilines is 2. The lowest BCUT2D eigenvalue weighted by Gasteiger charge is -2.29. The Morgan fingerprint density at radius 1 is 1.06 bits per heavy atom. The average Bonchev–Trinajstić information content (AvgIpc) is 3.33. The highest BCUT2D eigenvalue weighted by atomic mass is 19.1. The molecule has 0 radical (unpaired) electrons. The van der Waals surface area contributed by atoms with Crippen LogP contribution >= 0.6 is 0 Å². The summed E-state index contributed by atoms with van der Waals surface area (Å²) in [5.41, 5.74) is 4.36. The molecule has 0 unspecified atom stereocenters. The highest BCUT2D eigenvalue weighted by Crippen LogP contribution is 2.45. The first-order chi connectivity index (χ1) is 15.5. The molecule has 0 atom stereocenters. The predicted molar refractivity (Wildman–Crippen MR) is 120 cm³/mol. The maximum absolute atomic E-state index is 14.6. The van der Waals surface area contributed by atoms with Gasteiger partial charge in [-0.1, -0.05) is 19.1 Å². The predicted octanol–water partition coefficient (Wildman–Crippen LogP) is 3.80. The van der Waals surface area contributed by atoms with Crippen LogP contribution in [-0.2, 0) is 16.0 Å². The summed E-state index contributed by atoms with van der Waals surface area (Å²) in [7, 11) is 0. The average molecular weight is 433 g/mol. The van der Waals surface area contributed by atoms with E-state index in [4.69, 9.17) is 4.74 Å². The van der Waals surface area contributed by atoms with Crippen LogP contribution in [0.2, 0.25) is 0 Å². The van der Waals surface area contributed by atoms with Crippen molar-refractivity contribution in [2.75, 3.05) is 36.5 Å². The van der Waals surface area contributed by atoms with Crippen molar-refractivity contribution in [2.24, 2.45) is 0 Å². The third-order valence-corrected chi connectivity index (χ3v) is 6.10. The number of rotatable bonds is 5. The quantitative estimate of drug-likeness (QED) is 0.665. The highest BCUT2D eigenvalue weighted by Gasteiger charge is 2.41. The smallest absolute Gasteiger partial charge is 0.261 e. The van der Waals surface area contributed by atoms with E-state index in [1.807, 2.05) is 29.2 Å². The van der Waals surface area contributed by atoms with Crippen LogP contribution in [0.15, 0.2) is 54.9 Å². The van der Waals surface area contributed by atoms with Gasteiger partial charge < -0.3 is 15.0 Å². The van der Waals surface area contributed by atoms with Gasteiger partial charge in [-0.25, -0.2) is 4.39 Å². The molecule has 5 rings (SSSR count). The number of nitrogens with one attached hydrogen (secondary N) is 1. The number of ether oxygens (including phenoxy) is 1. The minimum absolute atomic E-state index is 0.125. The van der Waals surface area contributed by atoms with Gasteiger partial charge in [0.25, 0.3) is 5.91 Å². The summed E-state index contributed by atoms with van der Waals surface area (Å²) in [5, 5.41) is 2.78. The van der Waals surface area contributed by atoms with Crippen molar-refractivity contribution in [3.05, 3.63) is 82.9 Å². The Balaban J connectivity index is 1.22. The van der Waals surface area contributed by atoms with Crippen molar-refractivity contribution in [2.45, 2.75) is 19.3 Å². The number of halogens is 1. The Hall–Kier alpha value is -3.45. The molecule has 2 aliphatic rings. The van der Waals surface area contributed by atoms with E-state index < -0.39 is 0 Å². The molecule has 1 saturated heterocycles. The van der Waals surface area contributed by atoms with Crippen LogP contribution in [0.4, 0.5) is 15.8 Å². The minimum Gasteiger partial charge on any atom is -0.378 e. The molecule has 164 valence electrons. The molecule has 7 heteroatoms. The third-order valence-electron chi connectivity index (χ3n) is 6.10. The SMILES string of the molecule is CCc1ccc(C(=O)n2cc3c(c2)C3C(=O)Nc2ccc(N3CCOCC3)c(F)c2)cc1. The zero-order chi connectivity index (χ0) is 22.2. The number of benzene rings is 2. The van der Waals surface area contributed by atoms with Crippen LogP contribution in [0.1, 0.15) is 39.9 Å². The lowest BCUT2D eigenvalue weighted by atomic mass is 10.1. The number of fused-ring (bicyclic) bond motifs is 1. The summed E-state index contributed by atoms with van der Waals surface area (Å²) in [6.45, 7) is 4.51. The van der Waals surface area contributed by atoms with E-state index in [9.17, 15) is 14.0 Å². The van der Waals surface area contributed by atoms with Crippen LogP contribution in [0, 0.1) is 5.82 Å². The number of hydrogen-bond donors (Lipinski definition) is 1. The summed E-state index contributed by atoms with van der Waals surface area (Å²) in [4.78, 5) is 27.3. The maximum Gasteiger partial charge on any atom is 0.261 e. The second kappa shape index (κ2) is 8.24. The van der Waals surface area contributed by atoms with Crippen LogP contribution in [0.25, 0.3) is 0 Å². The van der Waals surface area contributed by atoms with Crippen molar-refractivity contribution in [1.82, 2.24) is 4.57 Å². The summed E-state index contributed by atoms with van der Waals surface area (Å²) in [5.74, 6) is -1.10. The van der Waals surface area contributed by atoms with Crippen LogP contribution in [0.5, 0.6) is 0 Å². The van der Waals surface area contributed by atoms with E-state index in [1.165, 1.54) is 16.2 Å². The summed E-state index contributed by atoms with van der Waals surface area (Å²) < 4.78 is 21.4. The summed E-state index contributed by atoms with van der Waals surface area (Å²) >= 11 is 0. The van der Waals surface area contributed by atoms with Gasteiger partial charge in [0.1, 0.15) is 5.82 Å². The molecule has 1 aliphatic heterocycles. The topological polar surface area (TPSA) is 63.6 Å². The van der Waals surface area contributed by atoms with E-state index in [-0.39, 0.29) is 23.5 Å². The zero-order valence-corrected chi connectivity index (χ0v) is 17.8. The minimum atomic E-state index is -0.386. The molecule has 1 amide bonds. The van der Waals surface area contributed by atoms with Gasteiger partial charge >= 0.3 is 0 Å². The van der Waals surface area contributed by atoms with Crippen molar-refractivity contribution >= 4 is 23.2 Å². The van der Waals surface area contributed by atoms with Crippen LogP contribution in [0.3, 0.4) is 0 Å². The fourth-order valence-electron chi connectivity index (χ4n) is 4.18. The van der Waals surface area contributed by atoms with Gasteiger partial charge in [-0.2, -0.15) is 0 Å². The largest absolute Gasteiger partial charge is 0.378 e. The molecule has 3 aromatic rings. The highest BCUT2D eigenvalue weighted by molar-refractivity contribution is 6.04. The molecule has 1 N–H and O–H groups in total. The molecule has 2 aromatic carbocycles. The lowest BCUT2D eigenvalue weighted by molar-refractivity contribution is -0.116. The van der Waals surface area contributed by atoms with Crippen molar-refractivity contribution in [3.8, 4) is 0 Å². The van der Waals surface area contributed by atoms with Crippen LogP contribution in [-0.4, -0.2) is 42.7 Å². The third kappa shape index (κ3) is 3.80. The van der Waals surface area contributed by atoms with Crippen LogP contribution < -0.4 is 10.2 Å². The van der Waals surface area contributed by atoms with E-state index in [2.05, 4.69) is 12.2 Å². The Kier molecular flexibility index (Phi) is 5.27. The summed E-state index contributed by atoms with van der Waals surface area (Å²) in [6.07, 6.45) is 4.33. The van der Waals surface area contributed by atoms with Crippen molar-refractivity contribution in [1.29, 1.82) is 0 Å². The zero-order valence-electron chi connectivity index (χ0n) is 17.8. The number of nitrogens with zero attached hydrogens (tertiary/aromatic N) is 2. The first kappa shape index (κ1) is 20.5. The van der Waals surface area contributed by atoms with E-state index >= 15 is 0 Å². The summed E-state index contributed by atoms with van der Waals surface area (Å²) in [6, 6.07) is 12.3. The number of carbonyl (C=O) groups is 2. The van der Waals surface area contributed by atoms with E-state index in [0.29, 0.717) is 43.2 Å². The Labute approximate surface area is 185 Å². The van der Waals surface area contributed by atoms with Gasteiger partial charge in [-0.05, 0) is 53.4 Å². The number of carbonyl (C=O) groups excluding carboxylic acids is 2. The normalized spacial score (nSPS) is 15.4. The first-order valence-electron chi connectivity index (χ1n) is 10.8. The number of aromatic nitrogens is 1. The molecule has 0 bridgehead atoms. The van der Waals surface area contributed by atoms with Crippen molar-refractivity contribution < 1.29 is 18.7 Å². The van der Waals surface area contributed by atoms with Gasteiger partial charge in [-0.3, -0.25) is 14.2 Å².